The van der Waals surface area contributed by atoms with Crippen molar-refractivity contribution in [3.63, 3.8) is 0 Å². The highest BCUT2D eigenvalue weighted by Gasteiger charge is 2.19. The minimum atomic E-state index is -0.00871. The van der Waals surface area contributed by atoms with Crippen molar-refractivity contribution in [1.29, 1.82) is 0 Å². The second-order valence-corrected chi connectivity index (χ2v) is 5.53. The molecule has 5 heteroatoms. The Morgan fingerprint density at radius 3 is 2.50 bits per heavy atom. The van der Waals surface area contributed by atoms with Gasteiger partial charge in [-0.25, -0.2) is 15.0 Å². The van der Waals surface area contributed by atoms with E-state index in [1.165, 1.54) is 0 Å². The van der Waals surface area contributed by atoms with Gasteiger partial charge in [0, 0.05) is 5.54 Å². The summed E-state index contributed by atoms with van der Waals surface area (Å²) in [6.07, 6.45) is 3.86. The molecule has 2 aromatic rings. The molecule has 0 radical (unpaired) electrons. The fourth-order valence-electron chi connectivity index (χ4n) is 1.61. The smallest absolute Gasteiger partial charge is 0.165 e. The van der Waals surface area contributed by atoms with Crippen LogP contribution in [0.5, 0.6) is 0 Å². The summed E-state index contributed by atoms with van der Waals surface area (Å²) < 4.78 is 2.09. The summed E-state index contributed by atoms with van der Waals surface area (Å²) in [5.74, 6) is 0.794. The van der Waals surface area contributed by atoms with Crippen LogP contribution in [0.4, 0.5) is 0 Å². The third-order valence-corrected chi connectivity index (χ3v) is 3.06. The molecule has 0 amide bonds. The fourth-order valence-corrected chi connectivity index (χ4v) is 2.17. The number of aryl methyl sites for hydroxylation is 1. The third-order valence-electron chi connectivity index (χ3n) is 2.39. The summed E-state index contributed by atoms with van der Waals surface area (Å²) in [4.78, 5) is 13.3. The number of fused-ring (bicyclic) bond motifs is 1. The molecular formula is C11H16N4S. The van der Waals surface area contributed by atoms with Gasteiger partial charge < -0.3 is 4.57 Å². The van der Waals surface area contributed by atoms with E-state index in [4.69, 9.17) is 0 Å². The molecule has 0 aromatic carbocycles. The van der Waals surface area contributed by atoms with E-state index in [-0.39, 0.29) is 5.54 Å². The van der Waals surface area contributed by atoms with E-state index in [9.17, 15) is 0 Å². The lowest BCUT2D eigenvalue weighted by atomic mass is 10.1. The molecule has 4 nitrogen and oxygen atoms in total. The van der Waals surface area contributed by atoms with E-state index in [2.05, 4.69) is 40.3 Å². The first-order chi connectivity index (χ1) is 7.43. The Morgan fingerprint density at radius 1 is 1.25 bits per heavy atom. The lowest BCUT2D eigenvalue weighted by Gasteiger charge is -2.20. The van der Waals surface area contributed by atoms with Crippen LogP contribution in [-0.2, 0) is 5.54 Å². The second kappa shape index (κ2) is 3.73. The number of hydrogen-bond donors (Lipinski definition) is 0. The van der Waals surface area contributed by atoms with Gasteiger partial charge in [0.25, 0.3) is 0 Å². The topological polar surface area (TPSA) is 43.6 Å². The number of thioether (sulfide) groups is 1. The maximum Gasteiger partial charge on any atom is 0.165 e. The van der Waals surface area contributed by atoms with Gasteiger partial charge >= 0.3 is 0 Å². The molecule has 0 bridgehead atoms. The molecule has 86 valence electrons. The van der Waals surface area contributed by atoms with Crippen LogP contribution in [-0.4, -0.2) is 25.8 Å². The Bertz CT molecular complexity index is 524. The summed E-state index contributed by atoms with van der Waals surface area (Å²) >= 11 is 1.61. The second-order valence-electron chi connectivity index (χ2n) is 4.74. The highest BCUT2D eigenvalue weighted by molar-refractivity contribution is 7.98. The van der Waals surface area contributed by atoms with Crippen molar-refractivity contribution in [3.05, 3.63) is 12.2 Å². The van der Waals surface area contributed by atoms with Gasteiger partial charge in [-0.2, -0.15) is 0 Å². The highest BCUT2D eigenvalue weighted by Crippen LogP contribution is 2.25. The van der Waals surface area contributed by atoms with Crippen molar-refractivity contribution in [2.45, 2.75) is 38.3 Å². The van der Waals surface area contributed by atoms with Crippen molar-refractivity contribution in [3.8, 4) is 0 Å². The number of hydrogen-bond acceptors (Lipinski definition) is 4. The number of rotatable bonds is 1. The van der Waals surface area contributed by atoms with Crippen LogP contribution < -0.4 is 0 Å². The molecule has 0 aliphatic carbocycles. The lowest BCUT2D eigenvalue weighted by Crippen LogP contribution is -2.21. The van der Waals surface area contributed by atoms with Gasteiger partial charge in [0.15, 0.2) is 5.65 Å². The highest BCUT2D eigenvalue weighted by atomic mass is 32.2. The van der Waals surface area contributed by atoms with Gasteiger partial charge in [-0.15, -0.1) is 11.8 Å². The minimum absolute atomic E-state index is 0.00871. The van der Waals surface area contributed by atoms with E-state index < -0.39 is 0 Å². The summed E-state index contributed by atoms with van der Waals surface area (Å²) in [6, 6.07) is 0. The number of aromatic nitrogens is 4. The molecule has 0 fully saturated rings. The standard InChI is InChI=1S/C11H16N4S/c1-7-13-9-8(10(14-7)16-5)12-6-15(9)11(2,3)4/h6H,1-5H3. The Morgan fingerprint density at radius 2 is 1.94 bits per heavy atom. The van der Waals surface area contributed by atoms with Crippen molar-refractivity contribution < 1.29 is 0 Å². The van der Waals surface area contributed by atoms with Crippen LogP contribution in [0.2, 0.25) is 0 Å². The Hall–Kier alpha value is -1.10. The predicted molar refractivity (Wildman–Crippen MR) is 66.8 cm³/mol. The van der Waals surface area contributed by atoms with Crippen LogP contribution >= 0.6 is 11.8 Å². The van der Waals surface area contributed by atoms with E-state index >= 15 is 0 Å². The van der Waals surface area contributed by atoms with Crippen LogP contribution in [0.15, 0.2) is 11.4 Å². The molecule has 0 unspecified atom stereocenters. The van der Waals surface area contributed by atoms with Crippen LogP contribution in [0.1, 0.15) is 26.6 Å². The summed E-state index contributed by atoms with van der Waals surface area (Å²) in [5.41, 5.74) is 1.81. The van der Waals surface area contributed by atoms with Gasteiger partial charge in [-0.3, -0.25) is 0 Å². The van der Waals surface area contributed by atoms with Gasteiger partial charge in [-0.1, -0.05) is 0 Å². The van der Waals surface area contributed by atoms with Crippen molar-refractivity contribution in [2.75, 3.05) is 6.26 Å². The molecule has 0 aliphatic rings. The zero-order chi connectivity index (χ0) is 11.9. The van der Waals surface area contributed by atoms with Crippen molar-refractivity contribution >= 4 is 22.9 Å². The maximum atomic E-state index is 4.49. The molecule has 0 aliphatic heterocycles. The molecule has 2 rings (SSSR count). The van der Waals surface area contributed by atoms with Gasteiger partial charge in [0.05, 0.1) is 6.33 Å². The Balaban J connectivity index is 2.77. The van der Waals surface area contributed by atoms with Crippen molar-refractivity contribution in [2.24, 2.45) is 0 Å². The van der Waals surface area contributed by atoms with Crippen LogP contribution in [0.25, 0.3) is 11.2 Å². The Labute approximate surface area is 99.5 Å². The summed E-state index contributed by atoms with van der Waals surface area (Å²) in [7, 11) is 0. The average Bonchev–Trinajstić information content (AvgIpc) is 2.58. The zero-order valence-corrected chi connectivity index (χ0v) is 11.1. The first kappa shape index (κ1) is 11.4. The van der Waals surface area contributed by atoms with Crippen LogP contribution in [0.3, 0.4) is 0 Å². The quantitative estimate of drug-likeness (QED) is 0.564. The largest absolute Gasteiger partial charge is 0.310 e. The van der Waals surface area contributed by atoms with E-state index in [1.807, 2.05) is 19.5 Å². The van der Waals surface area contributed by atoms with Gasteiger partial charge in [0.2, 0.25) is 0 Å². The molecule has 0 N–H and O–H groups in total. The normalized spacial score (nSPS) is 12.3. The molecule has 0 spiro atoms. The zero-order valence-electron chi connectivity index (χ0n) is 10.3. The first-order valence-corrected chi connectivity index (χ1v) is 6.42. The molecule has 0 saturated carbocycles. The van der Waals surface area contributed by atoms with E-state index in [0.29, 0.717) is 0 Å². The maximum absolute atomic E-state index is 4.49. The first-order valence-electron chi connectivity index (χ1n) is 5.19. The van der Waals surface area contributed by atoms with Crippen molar-refractivity contribution in [1.82, 2.24) is 19.5 Å². The van der Waals surface area contributed by atoms with E-state index in [0.717, 1.165) is 22.0 Å². The summed E-state index contributed by atoms with van der Waals surface area (Å²) in [5, 5.41) is 0.950. The molecular weight excluding hydrogens is 220 g/mol. The van der Waals surface area contributed by atoms with Gasteiger partial charge in [-0.05, 0) is 34.0 Å². The monoisotopic (exact) mass is 236 g/mol. The summed E-state index contributed by atoms with van der Waals surface area (Å²) in [6.45, 7) is 8.35. The van der Waals surface area contributed by atoms with Crippen LogP contribution in [0, 0.1) is 6.92 Å². The SMILES string of the molecule is CSc1nc(C)nc2c1ncn2C(C)(C)C. The number of nitrogens with zero attached hydrogens (tertiary/aromatic N) is 4. The minimum Gasteiger partial charge on any atom is -0.310 e. The molecule has 16 heavy (non-hydrogen) atoms. The van der Waals surface area contributed by atoms with Gasteiger partial charge in [0.1, 0.15) is 16.4 Å². The molecule has 0 atom stereocenters. The lowest BCUT2D eigenvalue weighted by molar-refractivity contribution is 0.405. The predicted octanol–water partition coefficient (Wildman–Crippen LogP) is 2.61. The molecule has 0 saturated heterocycles. The Kier molecular flexibility index (Phi) is 2.66. The number of imidazole rings is 1. The third kappa shape index (κ3) is 1.80. The van der Waals surface area contributed by atoms with E-state index in [1.54, 1.807) is 11.8 Å². The fraction of sp³-hybridized carbons (Fsp3) is 0.545. The molecule has 2 heterocycles. The average molecular weight is 236 g/mol. The molecule has 2 aromatic heterocycles.